The summed E-state index contributed by atoms with van der Waals surface area (Å²) in [6.45, 7) is 1.48. The van der Waals surface area contributed by atoms with E-state index in [0.29, 0.717) is 67.0 Å². The Balaban J connectivity index is 1.47. The fourth-order valence-corrected chi connectivity index (χ4v) is 4.47. The van der Waals surface area contributed by atoms with Crippen LogP contribution in [0.4, 0.5) is 5.69 Å². The average Bonchev–Trinajstić information content (AvgIpc) is 3.16. The van der Waals surface area contributed by atoms with Gasteiger partial charge in [-0.05, 0) is 56.2 Å². The highest BCUT2D eigenvalue weighted by Crippen LogP contribution is 2.32. The number of ether oxygens (including phenoxy) is 1. The van der Waals surface area contributed by atoms with Gasteiger partial charge in [0.2, 0.25) is 0 Å². The number of fused-ring (bicyclic) bond motifs is 1. The number of hydrogen-bond acceptors (Lipinski definition) is 5. The predicted molar refractivity (Wildman–Crippen MR) is 137 cm³/mol. The molecule has 1 aliphatic carbocycles. The molecule has 0 fully saturated rings. The van der Waals surface area contributed by atoms with Gasteiger partial charge in [0, 0.05) is 27.6 Å². The lowest BCUT2D eigenvalue weighted by molar-refractivity contribution is -0.123. The van der Waals surface area contributed by atoms with Crippen molar-refractivity contribution in [2.75, 3.05) is 11.9 Å². The zero-order valence-corrected chi connectivity index (χ0v) is 21.4. The first-order valence-corrected chi connectivity index (χ1v) is 12.1. The lowest BCUT2D eigenvalue weighted by Crippen LogP contribution is -2.27. The van der Waals surface area contributed by atoms with Crippen LogP contribution in [-0.4, -0.2) is 24.1 Å². The average molecular weight is 555 g/mol. The first kappa shape index (κ1) is 25.4. The van der Waals surface area contributed by atoms with E-state index in [9.17, 15) is 9.59 Å². The Bertz CT molecular complexity index is 1340. The maximum Gasteiger partial charge on any atom is 0.291 e. The fourth-order valence-electron chi connectivity index (χ4n) is 3.67. The summed E-state index contributed by atoms with van der Waals surface area (Å²) in [6.07, 6.45) is 2.01. The number of halogens is 4. The third-order valence-corrected chi connectivity index (χ3v) is 6.37. The van der Waals surface area contributed by atoms with Gasteiger partial charge < -0.3 is 14.5 Å². The summed E-state index contributed by atoms with van der Waals surface area (Å²) in [5, 5.41) is 8.55. The van der Waals surface area contributed by atoms with Crippen molar-refractivity contribution in [2.45, 2.75) is 26.2 Å². The van der Waals surface area contributed by atoms with Crippen LogP contribution in [0.3, 0.4) is 0 Å². The van der Waals surface area contributed by atoms with Gasteiger partial charge in [-0.3, -0.25) is 9.59 Å². The van der Waals surface area contributed by atoms with Crippen molar-refractivity contribution in [3.8, 4) is 5.75 Å². The summed E-state index contributed by atoms with van der Waals surface area (Å²) in [4.78, 5) is 25.2. The molecule has 0 unspecified atom stereocenters. The van der Waals surface area contributed by atoms with E-state index in [1.165, 1.54) is 6.07 Å². The van der Waals surface area contributed by atoms with Gasteiger partial charge in [-0.15, -0.1) is 0 Å². The van der Waals surface area contributed by atoms with Crippen LogP contribution in [-0.2, 0) is 11.2 Å². The van der Waals surface area contributed by atoms with Crippen LogP contribution in [0.5, 0.6) is 5.75 Å². The summed E-state index contributed by atoms with van der Waals surface area (Å²) in [5.41, 5.74) is 4.81. The number of hydrogen-bond donors (Lipinski definition) is 2. The molecular weight excluding hydrogens is 536 g/mol. The van der Waals surface area contributed by atoms with Gasteiger partial charge in [0.15, 0.2) is 12.4 Å². The molecule has 0 spiro atoms. The maximum atomic E-state index is 12.9. The normalized spacial score (nSPS) is 13.9. The number of anilines is 1. The highest BCUT2D eigenvalue weighted by atomic mass is 35.5. The van der Waals surface area contributed by atoms with Crippen molar-refractivity contribution < 1.29 is 18.7 Å². The molecule has 0 saturated heterocycles. The lowest BCUT2D eigenvalue weighted by atomic mass is 9.93. The molecule has 2 aromatic carbocycles. The smallest absolute Gasteiger partial charge is 0.291 e. The van der Waals surface area contributed by atoms with Gasteiger partial charge in [0.25, 0.3) is 11.8 Å². The molecule has 3 aromatic rings. The summed E-state index contributed by atoms with van der Waals surface area (Å²) >= 11 is 24.1. The number of carbonyl (C=O) groups is 2. The third kappa shape index (κ3) is 5.93. The van der Waals surface area contributed by atoms with E-state index < -0.39 is 11.8 Å². The van der Waals surface area contributed by atoms with E-state index in [-0.39, 0.29) is 12.4 Å². The number of hydrazone groups is 1. The predicted octanol–water partition coefficient (Wildman–Crippen LogP) is 6.69. The van der Waals surface area contributed by atoms with Crippen molar-refractivity contribution in [2.24, 2.45) is 5.10 Å². The molecule has 4 rings (SSSR count). The zero-order valence-electron chi connectivity index (χ0n) is 18.4. The van der Waals surface area contributed by atoms with Crippen LogP contribution < -0.4 is 15.5 Å². The van der Waals surface area contributed by atoms with Crippen molar-refractivity contribution in [3.63, 3.8) is 0 Å². The number of carbonyl (C=O) groups excluding carboxylic acids is 2. The Morgan fingerprint density at radius 2 is 1.77 bits per heavy atom. The Morgan fingerprint density at radius 1 is 1.03 bits per heavy atom. The van der Waals surface area contributed by atoms with Crippen molar-refractivity contribution in [3.05, 3.63) is 79.1 Å². The van der Waals surface area contributed by atoms with Crippen LogP contribution in [0.15, 0.2) is 45.9 Å². The van der Waals surface area contributed by atoms with Crippen molar-refractivity contribution in [1.82, 2.24) is 5.43 Å². The second-order valence-corrected chi connectivity index (χ2v) is 9.43. The van der Waals surface area contributed by atoms with E-state index in [2.05, 4.69) is 15.8 Å². The molecule has 0 bridgehead atoms. The maximum absolute atomic E-state index is 12.9. The van der Waals surface area contributed by atoms with Gasteiger partial charge in [0.05, 0.1) is 21.4 Å². The second kappa shape index (κ2) is 10.9. The SMILES string of the molecule is Cc1c(C(=O)Nc2cc(Cl)ccc2Cl)oc2c1/C(=N/NC(=O)COc1ccc(Cl)cc1Cl)CCC2. The van der Waals surface area contributed by atoms with Crippen molar-refractivity contribution >= 4 is 69.6 Å². The number of furan rings is 1. The molecule has 2 N–H and O–H groups in total. The largest absolute Gasteiger partial charge is 0.482 e. The Hall–Kier alpha value is -2.71. The summed E-state index contributed by atoms with van der Waals surface area (Å²) in [6, 6.07) is 9.49. The van der Waals surface area contributed by atoms with Gasteiger partial charge in [-0.25, -0.2) is 5.43 Å². The standard InChI is InChI=1S/C24H19Cl4N3O4/c1-12-22-17(30-31-21(32)11-34-19-8-6-13(25)9-16(19)28)3-2-4-20(22)35-23(12)24(33)29-18-10-14(26)5-7-15(18)27/h5-10H,2-4,11H2,1H3,(H,29,33)(H,31,32)/b30-17+. The molecule has 182 valence electrons. The van der Waals surface area contributed by atoms with Crippen LogP contribution in [0.1, 0.15) is 40.3 Å². The molecule has 35 heavy (non-hydrogen) atoms. The fraction of sp³-hybridized carbons (Fsp3) is 0.208. The minimum absolute atomic E-state index is 0.146. The number of amides is 2. The van der Waals surface area contributed by atoms with Gasteiger partial charge in [-0.2, -0.15) is 5.10 Å². The first-order chi connectivity index (χ1) is 16.7. The molecule has 2 amide bonds. The van der Waals surface area contributed by atoms with E-state index in [0.717, 1.165) is 6.42 Å². The highest BCUT2D eigenvalue weighted by Gasteiger charge is 2.28. The van der Waals surface area contributed by atoms with E-state index >= 15 is 0 Å². The molecule has 1 aliphatic rings. The molecule has 0 radical (unpaired) electrons. The molecule has 1 aromatic heterocycles. The van der Waals surface area contributed by atoms with Crippen LogP contribution in [0, 0.1) is 6.92 Å². The second-order valence-electron chi connectivity index (χ2n) is 7.74. The number of nitrogens with one attached hydrogen (secondary N) is 2. The molecule has 0 atom stereocenters. The molecular formula is C24H19Cl4N3O4. The quantitative estimate of drug-likeness (QED) is 0.332. The van der Waals surface area contributed by atoms with Crippen LogP contribution in [0.25, 0.3) is 0 Å². The minimum Gasteiger partial charge on any atom is -0.482 e. The first-order valence-electron chi connectivity index (χ1n) is 10.5. The van der Waals surface area contributed by atoms with Crippen LogP contribution >= 0.6 is 46.4 Å². The number of benzene rings is 2. The third-order valence-electron chi connectivity index (χ3n) is 5.28. The van der Waals surface area contributed by atoms with E-state index in [1.54, 1.807) is 37.3 Å². The molecule has 1 heterocycles. The summed E-state index contributed by atoms with van der Waals surface area (Å²) < 4.78 is 11.3. The zero-order chi connectivity index (χ0) is 25.1. The number of nitrogens with zero attached hydrogens (tertiary/aromatic N) is 1. The number of rotatable bonds is 6. The summed E-state index contributed by atoms with van der Waals surface area (Å²) in [7, 11) is 0. The Kier molecular flexibility index (Phi) is 7.91. The monoisotopic (exact) mass is 553 g/mol. The van der Waals surface area contributed by atoms with Gasteiger partial charge in [-0.1, -0.05) is 46.4 Å². The lowest BCUT2D eigenvalue weighted by Gasteiger charge is -2.13. The number of aryl methyl sites for hydroxylation is 1. The van der Waals surface area contributed by atoms with Crippen molar-refractivity contribution in [1.29, 1.82) is 0 Å². The highest BCUT2D eigenvalue weighted by molar-refractivity contribution is 6.36. The molecule has 0 aliphatic heterocycles. The van der Waals surface area contributed by atoms with E-state index in [4.69, 9.17) is 55.6 Å². The minimum atomic E-state index is -0.467. The molecule has 11 heteroatoms. The van der Waals surface area contributed by atoms with Gasteiger partial charge in [0.1, 0.15) is 11.5 Å². The molecule has 0 saturated carbocycles. The van der Waals surface area contributed by atoms with Crippen LogP contribution in [0.2, 0.25) is 20.1 Å². The van der Waals surface area contributed by atoms with Gasteiger partial charge >= 0.3 is 0 Å². The topological polar surface area (TPSA) is 92.9 Å². The Morgan fingerprint density at radius 3 is 2.54 bits per heavy atom. The Labute approximate surface area is 221 Å². The van der Waals surface area contributed by atoms with E-state index in [1.807, 2.05) is 0 Å². The summed E-state index contributed by atoms with van der Waals surface area (Å²) in [5.74, 6) is 0.184. The molecule has 7 nitrogen and oxygen atoms in total.